The maximum absolute atomic E-state index is 12.7. The lowest BCUT2D eigenvalue weighted by Crippen LogP contribution is -2.55. The van der Waals surface area contributed by atoms with Gasteiger partial charge in [0, 0.05) is 19.3 Å². The molecule has 0 aliphatic heterocycles. The minimum absolute atomic E-state index is 0.0396. The quantitative estimate of drug-likeness (QED) is 0.0264. The number of quaternary nitrogens is 1. The molecule has 8 heteroatoms. The molecule has 0 N–H and O–H groups in total. The van der Waals surface area contributed by atoms with E-state index in [1.165, 1.54) is 116 Å². The summed E-state index contributed by atoms with van der Waals surface area (Å²) in [6, 6.07) is -0.725. The van der Waals surface area contributed by atoms with Crippen LogP contribution in [0.25, 0.3) is 0 Å². The van der Waals surface area contributed by atoms with Crippen LogP contribution < -0.4 is 5.11 Å². The van der Waals surface area contributed by atoms with Crippen LogP contribution in [0.3, 0.4) is 0 Å². The number of carbonyl (C=O) groups excluding carboxylic acids is 3. The van der Waals surface area contributed by atoms with Gasteiger partial charge in [0.2, 0.25) is 0 Å². The lowest BCUT2D eigenvalue weighted by Gasteiger charge is -2.34. The van der Waals surface area contributed by atoms with E-state index >= 15 is 0 Å². The Morgan fingerprint density at radius 1 is 0.545 bits per heavy atom. The van der Waals surface area contributed by atoms with Gasteiger partial charge < -0.3 is 28.6 Å². The van der Waals surface area contributed by atoms with Gasteiger partial charge in [0.25, 0.3) is 0 Å². The Balaban J connectivity index is 4.32. The fourth-order valence-corrected chi connectivity index (χ4v) is 6.77. The van der Waals surface area contributed by atoms with Crippen molar-refractivity contribution in [1.29, 1.82) is 0 Å². The second-order valence-corrected chi connectivity index (χ2v) is 16.7. The minimum atomic E-state index is -1.13. The smallest absolute Gasteiger partial charge is 0.306 e. The lowest BCUT2D eigenvalue weighted by molar-refractivity contribution is -0.889. The molecule has 0 radical (unpaired) electrons. The number of likely N-dealkylation sites (N-methyl/N-ethyl adjacent to an activating group) is 1. The molecule has 55 heavy (non-hydrogen) atoms. The van der Waals surface area contributed by atoms with E-state index in [-0.39, 0.29) is 42.7 Å². The number of hydrogen-bond donors (Lipinski definition) is 0. The van der Waals surface area contributed by atoms with Gasteiger partial charge in [0.1, 0.15) is 12.6 Å². The van der Waals surface area contributed by atoms with Gasteiger partial charge >= 0.3 is 11.9 Å². The fraction of sp³-hybridized carbons (Fsp3) is 0.851. The highest BCUT2D eigenvalue weighted by atomic mass is 16.6. The van der Waals surface area contributed by atoms with Crippen LogP contribution in [-0.2, 0) is 28.6 Å². The highest BCUT2D eigenvalue weighted by Gasteiger charge is 2.25. The largest absolute Gasteiger partial charge is 0.544 e. The highest BCUT2D eigenvalue weighted by molar-refractivity contribution is 5.70. The van der Waals surface area contributed by atoms with Crippen molar-refractivity contribution in [2.45, 2.75) is 219 Å². The van der Waals surface area contributed by atoms with Crippen molar-refractivity contribution in [3.8, 4) is 0 Å². The van der Waals surface area contributed by atoms with Crippen LogP contribution in [0.15, 0.2) is 24.3 Å². The number of carbonyl (C=O) groups is 3. The third-order valence-corrected chi connectivity index (χ3v) is 10.4. The summed E-state index contributed by atoms with van der Waals surface area (Å²) >= 11 is 0. The topological polar surface area (TPSA) is 102 Å². The second kappa shape index (κ2) is 38.7. The molecule has 0 aromatic heterocycles. The predicted molar refractivity (Wildman–Crippen MR) is 227 cm³/mol. The van der Waals surface area contributed by atoms with Crippen molar-refractivity contribution >= 4 is 17.9 Å². The first kappa shape index (κ1) is 52.8. The summed E-state index contributed by atoms with van der Waals surface area (Å²) in [5.74, 6) is -1.74. The molecule has 8 nitrogen and oxygen atoms in total. The van der Waals surface area contributed by atoms with Crippen LogP contribution in [0, 0.1) is 0 Å². The molecule has 0 fully saturated rings. The minimum Gasteiger partial charge on any atom is -0.544 e. The Morgan fingerprint density at radius 2 is 0.945 bits per heavy atom. The molecule has 2 unspecified atom stereocenters. The molecule has 0 aliphatic carbocycles. The van der Waals surface area contributed by atoms with E-state index in [4.69, 9.17) is 14.2 Å². The third kappa shape index (κ3) is 37.2. The first-order valence-corrected chi connectivity index (χ1v) is 22.9. The van der Waals surface area contributed by atoms with Crippen molar-refractivity contribution in [1.82, 2.24) is 0 Å². The van der Waals surface area contributed by atoms with Gasteiger partial charge in [-0.2, -0.15) is 0 Å². The van der Waals surface area contributed by atoms with Gasteiger partial charge in [-0.1, -0.05) is 173 Å². The summed E-state index contributed by atoms with van der Waals surface area (Å²) in [7, 11) is 5.41. The van der Waals surface area contributed by atoms with E-state index < -0.39 is 18.1 Å². The van der Waals surface area contributed by atoms with E-state index in [0.717, 1.165) is 57.8 Å². The summed E-state index contributed by atoms with van der Waals surface area (Å²) < 4.78 is 17.2. The first-order chi connectivity index (χ1) is 26.6. The third-order valence-electron chi connectivity index (χ3n) is 10.4. The summed E-state index contributed by atoms with van der Waals surface area (Å²) in [6.45, 7) is 4.66. The number of aliphatic carboxylic acids is 1. The van der Waals surface area contributed by atoms with Crippen LogP contribution in [0.2, 0.25) is 0 Å². The average Bonchev–Trinajstić information content (AvgIpc) is 3.14. The number of nitrogens with zero attached hydrogens (tertiary/aromatic N) is 1. The average molecular weight is 778 g/mol. The molecule has 0 saturated carbocycles. The lowest BCUT2D eigenvalue weighted by atomic mass is 10.0. The highest BCUT2D eigenvalue weighted by Crippen LogP contribution is 2.15. The van der Waals surface area contributed by atoms with Crippen LogP contribution in [0.5, 0.6) is 0 Å². The number of hydrogen-bond acceptors (Lipinski definition) is 7. The second-order valence-electron chi connectivity index (χ2n) is 16.7. The molecular weight excluding hydrogens is 691 g/mol. The molecule has 0 spiro atoms. The molecule has 322 valence electrons. The molecule has 0 aromatic carbocycles. The maximum atomic E-state index is 12.7. The summed E-state index contributed by atoms with van der Waals surface area (Å²) in [5, 5.41) is 11.6. The van der Waals surface area contributed by atoms with Gasteiger partial charge in [-0.3, -0.25) is 9.59 Å². The molecule has 0 heterocycles. The van der Waals surface area contributed by atoms with Crippen molar-refractivity contribution in [2.75, 3.05) is 41.0 Å². The monoisotopic (exact) mass is 778 g/mol. The van der Waals surface area contributed by atoms with Gasteiger partial charge in [-0.25, -0.2) is 0 Å². The van der Waals surface area contributed by atoms with Crippen molar-refractivity contribution in [2.24, 2.45) is 0 Å². The number of carboxylic acids is 1. The zero-order chi connectivity index (χ0) is 40.7. The molecular formula is C47H87NO7. The van der Waals surface area contributed by atoms with Crippen LogP contribution in [-0.4, -0.2) is 75.5 Å². The Bertz CT molecular complexity index is 957. The molecule has 0 bridgehead atoms. The van der Waals surface area contributed by atoms with Crippen LogP contribution >= 0.6 is 0 Å². The predicted octanol–water partition coefficient (Wildman–Crippen LogP) is 11.1. The Labute approximate surface area is 339 Å². The summed E-state index contributed by atoms with van der Waals surface area (Å²) in [4.78, 5) is 36.8. The molecule has 0 aliphatic rings. The van der Waals surface area contributed by atoms with E-state index in [1.807, 2.05) is 0 Å². The van der Waals surface area contributed by atoms with Gasteiger partial charge in [-0.15, -0.1) is 0 Å². The van der Waals surface area contributed by atoms with E-state index in [1.54, 1.807) is 21.1 Å². The van der Waals surface area contributed by atoms with Crippen molar-refractivity contribution in [3.63, 3.8) is 0 Å². The Hall–Kier alpha value is -2.19. The van der Waals surface area contributed by atoms with Crippen molar-refractivity contribution < 1.29 is 38.2 Å². The van der Waals surface area contributed by atoms with E-state index in [0.29, 0.717) is 12.8 Å². The van der Waals surface area contributed by atoms with E-state index in [2.05, 4.69) is 38.2 Å². The van der Waals surface area contributed by atoms with Crippen molar-refractivity contribution in [3.05, 3.63) is 24.3 Å². The molecule has 0 saturated heterocycles. The summed E-state index contributed by atoms with van der Waals surface area (Å²) in [6.07, 6.45) is 41.9. The number of carboxylic acid groups (broad SMARTS) is 1. The van der Waals surface area contributed by atoms with Crippen LogP contribution in [0.4, 0.5) is 0 Å². The standard InChI is InChI=1S/C47H87NO7/c1-6-8-10-12-14-16-18-20-21-22-23-24-26-27-29-31-33-35-37-45(49)54-42-43(41-53-40-39-44(47(51)52)48(3,4)5)55-46(50)38-36-34-32-30-28-25-19-17-15-13-11-9-7-2/h21-24,43-44H,6-20,25-42H2,1-5H3/b22-21+,24-23+. The molecule has 0 aromatic rings. The fourth-order valence-electron chi connectivity index (χ4n) is 6.77. The van der Waals surface area contributed by atoms with Gasteiger partial charge in [0.15, 0.2) is 6.10 Å². The van der Waals surface area contributed by atoms with Gasteiger partial charge in [-0.05, 0) is 38.5 Å². The number of esters is 2. The Kier molecular flexibility index (Phi) is 37.1. The Morgan fingerprint density at radius 3 is 1.36 bits per heavy atom. The molecule has 0 amide bonds. The maximum Gasteiger partial charge on any atom is 0.306 e. The normalized spacial score (nSPS) is 13.1. The summed E-state index contributed by atoms with van der Waals surface area (Å²) in [5.41, 5.74) is 0. The van der Waals surface area contributed by atoms with Gasteiger partial charge in [0.05, 0.1) is 40.3 Å². The number of ether oxygens (including phenoxy) is 3. The van der Waals surface area contributed by atoms with E-state index in [9.17, 15) is 19.5 Å². The number of rotatable bonds is 41. The molecule has 2 atom stereocenters. The number of unbranched alkanes of at least 4 members (excludes halogenated alkanes) is 24. The first-order valence-electron chi connectivity index (χ1n) is 22.9. The molecule has 0 rings (SSSR count). The zero-order valence-electron chi connectivity index (χ0n) is 36.6. The van der Waals surface area contributed by atoms with Crippen LogP contribution in [0.1, 0.15) is 206 Å². The number of allylic oxidation sites excluding steroid dienone is 4. The SMILES string of the molecule is CCCCCCCCC/C=C/C=C/CCCCCCCC(=O)OCC(COCCC(C(=O)[O-])[N+](C)(C)C)OC(=O)CCCCCCCCCCCCCCC. The zero-order valence-corrected chi connectivity index (χ0v) is 36.6.